The molecule has 1 N–H and O–H groups in total. The molecule has 4 nitrogen and oxygen atoms in total. The molecule has 1 heterocycles. The van der Waals surface area contributed by atoms with Crippen molar-refractivity contribution < 1.29 is 8.42 Å². The molecule has 0 radical (unpaired) electrons. The van der Waals surface area contributed by atoms with Crippen LogP contribution in [0.4, 0.5) is 0 Å². The van der Waals surface area contributed by atoms with Crippen LogP contribution < -0.4 is 5.32 Å². The van der Waals surface area contributed by atoms with Gasteiger partial charge in [0.1, 0.15) is 0 Å². The predicted octanol–water partition coefficient (Wildman–Crippen LogP) is 6.36. The number of nitrogens with zero attached hydrogens (tertiary/aromatic N) is 1. The largest absolute Gasteiger partial charge is 0.355 e. The van der Waals surface area contributed by atoms with Crippen molar-refractivity contribution in [2.75, 3.05) is 19.3 Å². The normalized spacial score (nSPS) is 17.3. The zero-order chi connectivity index (χ0) is 22.1. The molecule has 0 amide bonds. The Balaban J connectivity index is 1.84. The number of nitrogens with one attached hydrogen (secondary N) is 1. The summed E-state index contributed by atoms with van der Waals surface area (Å²) in [6, 6.07) is -0.184. The lowest BCUT2D eigenvalue weighted by Gasteiger charge is -2.23. The zero-order valence-electron chi connectivity index (χ0n) is 19.5. The van der Waals surface area contributed by atoms with Crippen molar-refractivity contribution in [3.8, 4) is 0 Å². The van der Waals surface area contributed by atoms with Gasteiger partial charge in [0.2, 0.25) is 0 Å². The minimum atomic E-state index is -3.03. The molecule has 1 aliphatic heterocycles. The molecule has 176 valence electrons. The van der Waals surface area contributed by atoms with E-state index in [9.17, 15) is 8.42 Å². The Kier molecular flexibility index (Phi) is 15.5. The Morgan fingerprint density at radius 1 is 0.867 bits per heavy atom. The molecule has 0 aromatic carbocycles. The molecule has 30 heavy (non-hydrogen) atoms. The summed E-state index contributed by atoms with van der Waals surface area (Å²) in [5.74, 6) is 0.111. The van der Waals surface area contributed by atoms with E-state index in [1.54, 1.807) is 6.08 Å². The molecule has 1 unspecified atom stereocenters. The van der Waals surface area contributed by atoms with Gasteiger partial charge in [-0.1, -0.05) is 103 Å². The van der Waals surface area contributed by atoms with Crippen LogP contribution in [-0.4, -0.2) is 43.8 Å². The summed E-state index contributed by atoms with van der Waals surface area (Å²) >= 11 is 5.38. The van der Waals surface area contributed by atoms with Gasteiger partial charge in [0, 0.05) is 19.0 Å². The fourth-order valence-electron chi connectivity index (χ4n) is 3.93. The summed E-state index contributed by atoms with van der Waals surface area (Å²) < 4.78 is 22.9. The highest BCUT2D eigenvalue weighted by Gasteiger charge is 2.22. The summed E-state index contributed by atoms with van der Waals surface area (Å²) in [6.07, 6.45) is 23.7. The van der Waals surface area contributed by atoms with E-state index in [0.29, 0.717) is 5.11 Å². The first-order valence-electron chi connectivity index (χ1n) is 12.4. The summed E-state index contributed by atoms with van der Waals surface area (Å²) in [6.45, 7) is 3.20. The monoisotopic (exact) mass is 458 g/mol. The van der Waals surface area contributed by atoms with Crippen LogP contribution >= 0.6 is 12.2 Å². The van der Waals surface area contributed by atoms with Gasteiger partial charge < -0.3 is 10.2 Å². The lowest BCUT2D eigenvalue weighted by molar-refractivity contribution is 0.454. The first kappa shape index (κ1) is 27.4. The molecule has 0 aromatic rings. The maximum absolute atomic E-state index is 11.4. The number of rotatable bonds is 18. The Morgan fingerprint density at radius 3 is 1.70 bits per heavy atom. The van der Waals surface area contributed by atoms with E-state index in [4.69, 9.17) is 12.2 Å². The van der Waals surface area contributed by atoms with Crippen molar-refractivity contribution in [1.82, 2.24) is 10.2 Å². The minimum Gasteiger partial charge on any atom is -0.355 e. The maximum Gasteiger partial charge on any atom is 0.173 e. The number of unbranched alkanes of at least 4 members (excludes halogenated alkanes) is 15. The van der Waals surface area contributed by atoms with E-state index in [-0.39, 0.29) is 11.8 Å². The third kappa shape index (κ3) is 14.4. The highest BCUT2D eigenvalue weighted by atomic mass is 32.2. The van der Waals surface area contributed by atoms with E-state index in [2.05, 4.69) is 12.2 Å². The Hall–Kier alpha value is -0.620. The van der Waals surface area contributed by atoms with Crippen LogP contribution in [0.2, 0.25) is 0 Å². The molecule has 0 aromatic heterocycles. The van der Waals surface area contributed by atoms with Gasteiger partial charge in [-0.05, 0) is 24.7 Å². The van der Waals surface area contributed by atoms with E-state index in [0.717, 1.165) is 13.0 Å². The highest BCUT2D eigenvalue weighted by Crippen LogP contribution is 2.14. The SMILES string of the molecule is CCCCCCCCCCCCCCCCCCN(C)C(=S)NC1C=CS(=O)(=O)C1. The van der Waals surface area contributed by atoms with Gasteiger partial charge in [0.05, 0.1) is 11.8 Å². The van der Waals surface area contributed by atoms with Crippen LogP contribution in [-0.2, 0) is 9.84 Å². The maximum atomic E-state index is 11.4. The van der Waals surface area contributed by atoms with Crippen molar-refractivity contribution in [2.24, 2.45) is 0 Å². The van der Waals surface area contributed by atoms with Crippen molar-refractivity contribution >= 4 is 27.2 Å². The fraction of sp³-hybridized carbons (Fsp3) is 0.875. The van der Waals surface area contributed by atoms with Crippen LogP contribution in [0.15, 0.2) is 11.5 Å². The molecule has 0 saturated heterocycles. The molecule has 0 spiro atoms. The zero-order valence-corrected chi connectivity index (χ0v) is 21.2. The van der Waals surface area contributed by atoms with Gasteiger partial charge in [-0.25, -0.2) is 8.42 Å². The van der Waals surface area contributed by atoms with Crippen LogP contribution in [0.3, 0.4) is 0 Å². The second-order valence-corrected chi connectivity index (χ2v) is 11.3. The second-order valence-electron chi connectivity index (χ2n) is 8.94. The average molecular weight is 459 g/mol. The van der Waals surface area contributed by atoms with Crippen LogP contribution in [0.1, 0.15) is 110 Å². The molecule has 1 atom stereocenters. The first-order chi connectivity index (χ1) is 14.4. The number of sulfone groups is 1. The van der Waals surface area contributed by atoms with Gasteiger partial charge >= 0.3 is 0 Å². The molecule has 0 bridgehead atoms. The molecule has 1 aliphatic rings. The van der Waals surface area contributed by atoms with Crippen LogP contribution in [0.25, 0.3) is 0 Å². The number of hydrogen-bond acceptors (Lipinski definition) is 3. The first-order valence-corrected chi connectivity index (χ1v) is 14.5. The summed E-state index contributed by atoms with van der Waals surface area (Å²) in [5.41, 5.74) is 0. The quantitative estimate of drug-likeness (QED) is 0.191. The Labute approximate surface area is 192 Å². The molecule has 0 fully saturated rings. The van der Waals surface area contributed by atoms with Gasteiger partial charge in [-0.15, -0.1) is 0 Å². The number of thiocarbonyl (C=S) groups is 1. The standard InChI is InChI=1S/C24H46N2O2S2/c1-3-4-5-6-7-8-9-10-11-12-13-14-15-16-17-18-20-26(2)24(29)25-23-19-21-30(27,28)22-23/h19,21,23H,3-18,20,22H2,1-2H3,(H,25,29). The van der Waals surface area contributed by atoms with Crippen molar-refractivity contribution in [2.45, 2.75) is 116 Å². The van der Waals surface area contributed by atoms with Gasteiger partial charge in [-0.3, -0.25) is 0 Å². The molecule has 0 aliphatic carbocycles. The van der Waals surface area contributed by atoms with E-state index in [1.165, 1.54) is 102 Å². The topological polar surface area (TPSA) is 49.4 Å². The van der Waals surface area contributed by atoms with Crippen molar-refractivity contribution in [1.29, 1.82) is 0 Å². The van der Waals surface area contributed by atoms with Crippen LogP contribution in [0.5, 0.6) is 0 Å². The van der Waals surface area contributed by atoms with E-state index in [1.807, 2.05) is 11.9 Å². The third-order valence-corrected chi connectivity index (χ3v) is 7.76. The molecule has 1 rings (SSSR count). The lowest BCUT2D eigenvalue weighted by atomic mass is 10.0. The molecular formula is C24H46N2O2S2. The van der Waals surface area contributed by atoms with E-state index >= 15 is 0 Å². The summed E-state index contributed by atoms with van der Waals surface area (Å²) in [7, 11) is -1.05. The third-order valence-electron chi connectivity index (χ3n) is 5.93. The van der Waals surface area contributed by atoms with Gasteiger partial charge in [0.15, 0.2) is 14.9 Å². The smallest absolute Gasteiger partial charge is 0.173 e. The molecule has 6 heteroatoms. The average Bonchev–Trinajstić information content (AvgIpc) is 3.05. The molecular weight excluding hydrogens is 412 g/mol. The number of hydrogen-bond donors (Lipinski definition) is 1. The summed E-state index contributed by atoms with van der Waals surface area (Å²) in [5, 5.41) is 5.05. The van der Waals surface area contributed by atoms with Crippen molar-refractivity contribution in [3.63, 3.8) is 0 Å². The van der Waals surface area contributed by atoms with Crippen molar-refractivity contribution in [3.05, 3.63) is 11.5 Å². The lowest BCUT2D eigenvalue weighted by Crippen LogP contribution is -2.43. The van der Waals surface area contributed by atoms with Crippen LogP contribution in [0, 0.1) is 0 Å². The van der Waals surface area contributed by atoms with Gasteiger partial charge in [0.25, 0.3) is 0 Å². The summed E-state index contributed by atoms with van der Waals surface area (Å²) in [4.78, 5) is 2.03. The van der Waals surface area contributed by atoms with E-state index < -0.39 is 9.84 Å². The Morgan fingerprint density at radius 2 is 1.30 bits per heavy atom. The predicted molar refractivity (Wildman–Crippen MR) is 135 cm³/mol. The minimum absolute atomic E-state index is 0.111. The highest BCUT2D eigenvalue weighted by molar-refractivity contribution is 7.94. The fourth-order valence-corrected chi connectivity index (χ4v) is 5.41. The second kappa shape index (κ2) is 17.0. The Bertz CT molecular complexity index is 576. The molecule has 0 saturated carbocycles. The van der Waals surface area contributed by atoms with Gasteiger partial charge in [-0.2, -0.15) is 0 Å².